The molecule has 0 saturated carbocycles. The number of amides is 2. The summed E-state index contributed by atoms with van der Waals surface area (Å²) >= 11 is 6.19. The molecule has 6 rings (SSSR count). The number of fused-ring (bicyclic) bond motifs is 5. The van der Waals surface area contributed by atoms with E-state index in [0.29, 0.717) is 18.1 Å². The summed E-state index contributed by atoms with van der Waals surface area (Å²) in [5, 5.41) is 1.72. The highest BCUT2D eigenvalue weighted by molar-refractivity contribution is 6.30. The minimum absolute atomic E-state index is 0.0219. The minimum atomic E-state index is -1.11. The lowest BCUT2D eigenvalue weighted by Gasteiger charge is -2.51. The van der Waals surface area contributed by atoms with Crippen molar-refractivity contribution in [2.24, 2.45) is 0 Å². The lowest BCUT2D eigenvalue weighted by atomic mass is 9.76. The van der Waals surface area contributed by atoms with Crippen molar-refractivity contribution in [1.82, 2.24) is 14.8 Å². The van der Waals surface area contributed by atoms with Crippen LogP contribution in [0.3, 0.4) is 0 Å². The molecular formula is C30H28ClN3O2. The monoisotopic (exact) mass is 497 g/mol. The van der Waals surface area contributed by atoms with Gasteiger partial charge >= 0.3 is 0 Å². The van der Waals surface area contributed by atoms with Crippen LogP contribution in [-0.2, 0) is 28.1 Å². The SMILES string of the molecule is CCc1ccc([C@@H]2CN3C(=O)CN(Cc4cccc(Cl)c4)C(=O)[C@]3(C)c3[nH]c4ccccc4c32)cc1. The standard InChI is InChI=1S/C30H28ClN3O2/c1-3-19-11-13-21(14-12-19)24-17-34-26(35)18-33(16-20-7-6-8-22(31)15-20)29(36)30(34,2)28-27(24)23-9-4-5-10-25(23)32-28/h4-15,24,32H,3,16-18H2,1-2H3/t24-,30-/m0/s1. The highest BCUT2D eigenvalue weighted by atomic mass is 35.5. The van der Waals surface area contributed by atoms with Crippen molar-refractivity contribution in [3.05, 3.63) is 106 Å². The number of aromatic amines is 1. The van der Waals surface area contributed by atoms with E-state index < -0.39 is 5.54 Å². The molecule has 5 nitrogen and oxygen atoms in total. The van der Waals surface area contributed by atoms with Crippen molar-refractivity contribution in [2.75, 3.05) is 13.1 Å². The molecule has 4 aromatic rings. The molecule has 36 heavy (non-hydrogen) atoms. The van der Waals surface area contributed by atoms with Gasteiger partial charge in [0.05, 0.1) is 5.69 Å². The van der Waals surface area contributed by atoms with Gasteiger partial charge in [0.25, 0.3) is 5.91 Å². The van der Waals surface area contributed by atoms with Crippen molar-refractivity contribution in [3.8, 4) is 0 Å². The lowest BCUT2D eigenvalue weighted by molar-refractivity contribution is -0.166. The number of para-hydroxylation sites is 1. The first-order valence-electron chi connectivity index (χ1n) is 12.4. The molecule has 0 radical (unpaired) electrons. The second-order valence-electron chi connectivity index (χ2n) is 9.97. The van der Waals surface area contributed by atoms with Gasteiger partial charge in [-0.25, -0.2) is 0 Å². The van der Waals surface area contributed by atoms with Gasteiger partial charge in [-0.1, -0.05) is 73.1 Å². The number of benzene rings is 3. The van der Waals surface area contributed by atoms with Crippen molar-refractivity contribution < 1.29 is 9.59 Å². The van der Waals surface area contributed by atoms with Crippen LogP contribution in [0, 0.1) is 0 Å². The summed E-state index contributed by atoms with van der Waals surface area (Å²) in [4.78, 5) is 34.8. The normalized spacial score (nSPS) is 21.6. The molecule has 1 saturated heterocycles. The maximum Gasteiger partial charge on any atom is 0.255 e. The van der Waals surface area contributed by atoms with E-state index in [1.807, 2.05) is 49.4 Å². The van der Waals surface area contributed by atoms with E-state index in [-0.39, 0.29) is 24.3 Å². The summed E-state index contributed by atoms with van der Waals surface area (Å²) in [5.74, 6) is -0.139. The molecule has 3 aromatic carbocycles. The Kier molecular flexibility index (Phi) is 5.41. The number of rotatable bonds is 4. The van der Waals surface area contributed by atoms with E-state index in [1.54, 1.807) is 9.80 Å². The second-order valence-corrected chi connectivity index (χ2v) is 10.4. The average Bonchev–Trinajstić information content (AvgIpc) is 3.28. The van der Waals surface area contributed by atoms with E-state index in [2.05, 4.69) is 42.2 Å². The lowest BCUT2D eigenvalue weighted by Crippen LogP contribution is -2.67. The van der Waals surface area contributed by atoms with Gasteiger partial charge < -0.3 is 14.8 Å². The molecule has 0 aliphatic carbocycles. The third kappa shape index (κ3) is 3.45. The van der Waals surface area contributed by atoms with Crippen LogP contribution in [0.25, 0.3) is 10.9 Å². The zero-order valence-electron chi connectivity index (χ0n) is 20.4. The Labute approximate surface area is 215 Å². The molecule has 1 fully saturated rings. The number of piperazine rings is 1. The molecule has 6 heteroatoms. The van der Waals surface area contributed by atoms with Crippen LogP contribution in [0.5, 0.6) is 0 Å². The van der Waals surface area contributed by atoms with E-state index >= 15 is 0 Å². The maximum absolute atomic E-state index is 14.2. The van der Waals surface area contributed by atoms with Crippen LogP contribution in [0.15, 0.2) is 72.8 Å². The van der Waals surface area contributed by atoms with Gasteiger partial charge in [0.2, 0.25) is 5.91 Å². The summed E-state index contributed by atoms with van der Waals surface area (Å²) in [7, 11) is 0. The van der Waals surface area contributed by atoms with E-state index in [4.69, 9.17) is 11.6 Å². The third-order valence-corrected chi connectivity index (χ3v) is 8.11. The average molecular weight is 498 g/mol. The van der Waals surface area contributed by atoms with Gasteiger partial charge in [0.1, 0.15) is 6.54 Å². The molecule has 0 unspecified atom stereocenters. The van der Waals surface area contributed by atoms with Gasteiger partial charge in [-0.3, -0.25) is 9.59 Å². The summed E-state index contributed by atoms with van der Waals surface area (Å²) in [6.07, 6.45) is 0.975. The molecule has 0 bridgehead atoms. The Morgan fingerprint density at radius 3 is 2.53 bits per heavy atom. The number of halogens is 1. The van der Waals surface area contributed by atoms with Gasteiger partial charge in [0, 0.05) is 34.9 Å². The number of nitrogens with one attached hydrogen (secondary N) is 1. The quantitative estimate of drug-likeness (QED) is 0.398. The predicted molar refractivity (Wildman–Crippen MR) is 142 cm³/mol. The van der Waals surface area contributed by atoms with E-state index in [9.17, 15) is 9.59 Å². The van der Waals surface area contributed by atoms with E-state index in [0.717, 1.165) is 39.7 Å². The summed E-state index contributed by atoms with van der Waals surface area (Å²) in [5.41, 5.74) is 5.13. The summed E-state index contributed by atoms with van der Waals surface area (Å²) in [6.45, 7) is 4.89. The molecule has 3 heterocycles. The zero-order chi connectivity index (χ0) is 25.0. The first-order valence-corrected chi connectivity index (χ1v) is 12.8. The molecule has 0 spiro atoms. The fraction of sp³-hybridized carbons (Fsp3) is 0.267. The molecule has 2 amide bonds. The van der Waals surface area contributed by atoms with Crippen LogP contribution in [0.2, 0.25) is 5.02 Å². The topological polar surface area (TPSA) is 56.4 Å². The molecule has 2 atom stereocenters. The fourth-order valence-corrected chi connectivity index (χ4v) is 6.16. The number of hydrogen-bond donors (Lipinski definition) is 1. The van der Waals surface area contributed by atoms with Crippen LogP contribution >= 0.6 is 11.6 Å². The minimum Gasteiger partial charge on any atom is -0.356 e. The van der Waals surface area contributed by atoms with Crippen LogP contribution in [0.1, 0.15) is 47.7 Å². The highest BCUT2D eigenvalue weighted by Crippen LogP contribution is 2.48. The van der Waals surface area contributed by atoms with Gasteiger partial charge in [-0.2, -0.15) is 0 Å². The number of carbonyl (C=O) groups excluding carboxylic acids is 2. The molecular weight excluding hydrogens is 470 g/mol. The van der Waals surface area contributed by atoms with Crippen molar-refractivity contribution in [1.29, 1.82) is 0 Å². The van der Waals surface area contributed by atoms with Crippen molar-refractivity contribution in [3.63, 3.8) is 0 Å². The van der Waals surface area contributed by atoms with Crippen LogP contribution in [0.4, 0.5) is 0 Å². The van der Waals surface area contributed by atoms with Crippen LogP contribution < -0.4 is 0 Å². The Balaban J connectivity index is 1.49. The number of H-pyrrole nitrogens is 1. The number of hydrogen-bond acceptors (Lipinski definition) is 2. The number of carbonyl (C=O) groups is 2. The number of aromatic nitrogens is 1. The molecule has 182 valence electrons. The summed E-state index contributed by atoms with van der Waals surface area (Å²) in [6, 6.07) is 24.3. The number of nitrogens with zero attached hydrogens (tertiary/aromatic N) is 2. The first-order chi connectivity index (χ1) is 17.4. The van der Waals surface area contributed by atoms with Crippen molar-refractivity contribution >= 4 is 34.3 Å². The molecule has 2 aliphatic heterocycles. The predicted octanol–water partition coefficient (Wildman–Crippen LogP) is 5.62. The largest absolute Gasteiger partial charge is 0.356 e. The van der Waals surface area contributed by atoms with Crippen LogP contribution in [-0.4, -0.2) is 39.7 Å². The Hall–Kier alpha value is -3.57. The van der Waals surface area contributed by atoms with Gasteiger partial charge in [0.15, 0.2) is 5.54 Å². The zero-order valence-corrected chi connectivity index (χ0v) is 21.2. The third-order valence-electron chi connectivity index (χ3n) is 7.87. The molecule has 1 N–H and O–H groups in total. The Bertz CT molecular complexity index is 1490. The maximum atomic E-state index is 14.2. The molecule has 2 aliphatic rings. The smallest absolute Gasteiger partial charge is 0.255 e. The first kappa shape index (κ1) is 22.9. The highest BCUT2D eigenvalue weighted by Gasteiger charge is 2.56. The van der Waals surface area contributed by atoms with E-state index in [1.165, 1.54) is 5.56 Å². The number of aryl methyl sites for hydroxylation is 1. The summed E-state index contributed by atoms with van der Waals surface area (Å²) < 4.78 is 0. The van der Waals surface area contributed by atoms with Gasteiger partial charge in [-0.05, 0) is 53.8 Å². The fourth-order valence-electron chi connectivity index (χ4n) is 5.94. The Morgan fingerprint density at radius 1 is 1.00 bits per heavy atom. The van der Waals surface area contributed by atoms with Gasteiger partial charge in [-0.15, -0.1) is 0 Å². The Morgan fingerprint density at radius 2 is 1.78 bits per heavy atom. The van der Waals surface area contributed by atoms with Crippen molar-refractivity contribution in [2.45, 2.75) is 38.3 Å². The second kappa shape index (κ2) is 8.52. The molecule has 1 aromatic heterocycles.